The molecule has 114 valence electrons. The van der Waals surface area contributed by atoms with Crippen molar-refractivity contribution in [2.45, 2.75) is 45.3 Å². The fourth-order valence-electron chi connectivity index (χ4n) is 2.61. The summed E-state index contributed by atoms with van der Waals surface area (Å²) in [5, 5.41) is 2.75. The molecule has 6 nitrogen and oxygen atoms in total. The minimum absolute atomic E-state index is 0.112. The van der Waals surface area contributed by atoms with Gasteiger partial charge in [0.1, 0.15) is 11.6 Å². The SMILES string of the molecule is CCC1C(=O)NC(C)(C)C(=O)N1CCn1ccccc1=O. The summed E-state index contributed by atoms with van der Waals surface area (Å²) >= 11 is 0. The second kappa shape index (κ2) is 5.71. The number of carbonyl (C=O) groups is 2. The molecule has 2 rings (SSSR count). The molecule has 0 aromatic carbocycles. The number of amides is 2. The summed E-state index contributed by atoms with van der Waals surface area (Å²) in [6.45, 7) is 5.99. The maximum absolute atomic E-state index is 12.5. The van der Waals surface area contributed by atoms with Crippen LogP contribution in [0, 0.1) is 0 Å². The summed E-state index contributed by atoms with van der Waals surface area (Å²) in [6, 6.07) is 4.46. The fraction of sp³-hybridized carbons (Fsp3) is 0.533. The van der Waals surface area contributed by atoms with Gasteiger partial charge in [0, 0.05) is 25.4 Å². The van der Waals surface area contributed by atoms with Crippen molar-refractivity contribution in [1.82, 2.24) is 14.8 Å². The number of aromatic nitrogens is 1. The van der Waals surface area contributed by atoms with E-state index in [1.807, 2.05) is 6.92 Å². The normalized spacial score (nSPS) is 21.3. The molecule has 6 heteroatoms. The number of pyridine rings is 1. The molecular weight excluding hydrogens is 270 g/mol. The van der Waals surface area contributed by atoms with Crippen LogP contribution in [-0.2, 0) is 16.1 Å². The van der Waals surface area contributed by atoms with E-state index in [1.54, 1.807) is 41.6 Å². The highest BCUT2D eigenvalue weighted by Gasteiger charge is 2.44. The molecule has 0 bridgehead atoms. The molecule has 21 heavy (non-hydrogen) atoms. The monoisotopic (exact) mass is 291 g/mol. The number of hydrogen-bond acceptors (Lipinski definition) is 3. The molecule has 1 saturated heterocycles. The quantitative estimate of drug-likeness (QED) is 0.871. The van der Waals surface area contributed by atoms with Gasteiger partial charge in [0.05, 0.1) is 0 Å². The lowest BCUT2D eigenvalue weighted by Gasteiger charge is -2.42. The molecule has 1 atom stereocenters. The van der Waals surface area contributed by atoms with E-state index in [0.717, 1.165) is 0 Å². The molecule has 1 aromatic heterocycles. The van der Waals surface area contributed by atoms with Gasteiger partial charge in [-0.05, 0) is 26.3 Å². The lowest BCUT2D eigenvalue weighted by Crippen LogP contribution is -2.68. The number of nitrogens with one attached hydrogen (secondary N) is 1. The molecule has 1 fully saturated rings. The highest BCUT2D eigenvalue weighted by atomic mass is 16.2. The number of piperazine rings is 1. The van der Waals surface area contributed by atoms with Crippen LogP contribution < -0.4 is 10.9 Å². The molecule has 2 amide bonds. The van der Waals surface area contributed by atoms with Gasteiger partial charge in [0.15, 0.2) is 0 Å². The third-order valence-electron chi connectivity index (χ3n) is 3.78. The number of carbonyl (C=O) groups excluding carboxylic acids is 2. The van der Waals surface area contributed by atoms with Crippen LogP contribution in [0.25, 0.3) is 0 Å². The molecule has 0 saturated carbocycles. The predicted octanol–water partition coefficient (Wildman–Crippen LogP) is 0.364. The van der Waals surface area contributed by atoms with Gasteiger partial charge < -0.3 is 14.8 Å². The van der Waals surface area contributed by atoms with Gasteiger partial charge in [0.2, 0.25) is 11.8 Å². The van der Waals surface area contributed by atoms with Gasteiger partial charge in [-0.25, -0.2) is 0 Å². The Morgan fingerprint density at radius 3 is 2.52 bits per heavy atom. The zero-order valence-corrected chi connectivity index (χ0v) is 12.6. The third-order valence-corrected chi connectivity index (χ3v) is 3.78. The van der Waals surface area contributed by atoms with Crippen molar-refractivity contribution in [3.8, 4) is 0 Å². The maximum Gasteiger partial charge on any atom is 0.250 e. The average molecular weight is 291 g/mol. The summed E-state index contributed by atoms with van der Waals surface area (Å²) in [6.07, 6.45) is 2.24. The lowest BCUT2D eigenvalue weighted by atomic mass is 9.96. The molecule has 1 aromatic rings. The fourth-order valence-corrected chi connectivity index (χ4v) is 2.61. The molecule has 2 heterocycles. The topological polar surface area (TPSA) is 71.4 Å². The highest BCUT2D eigenvalue weighted by Crippen LogP contribution is 2.19. The first-order valence-corrected chi connectivity index (χ1v) is 7.15. The van der Waals surface area contributed by atoms with E-state index >= 15 is 0 Å². The van der Waals surface area contributed by atoms with Crippen molar-refractivity contribution >= 4 is 11.8 Å². The molecule has 1 aliphatic heterocycles. The van der Waals surface area contributed by atoms with Crippen LogP contribution in [0.3, 0.4) is 0 Å². The zero-order valence-electron chi connectivity index (χ0n) is 12.6. The molecule has 1 aliphatic rings. The van der Waals surface area contributed by atoms with Crippen LogP contribution in [0.5, 0.6) is 0 Å². The molecule has 1 unspecified atom stereocenters. The van der Waals surface area contributed by atoms with E-state index < -0.39 is 11.6 Å². The largest absolute Gasteiger partial charge is 0.340 e. The van der Waals surface area contributed by atoms with Gasteiger partial charge >= 0.3 is 0 Å². The highest BCUT2D eigenvalue weighted by molar-refractivity contribution is 5.99. The molecular formula is C15H21N3O3. The van der Waals surface area contributed by atoms with Crippen LogP contribution in [0.2, 0.25) is 0 Å². The Kier molecular flexibility index (Phi) is 4.16. The van der Waals surface area contributed by atoms with Crippen molar-refractivity contribution in [2.24, 2.45) is 0 Å². The minimum atomic E-state index is -0.898. The maximum atomic E-state index is 12.5. The molecule has 1 N–H and O–H groups in total. The van der Waals surface area contributed by atoms with Crippen molar-refractivity contribution < 1.29 is 9.59 Å². The average Bonchev–Trinajstić information content (AvgIpc) is 2.42. The Labute approximate surface area is 123 Å². The summed E-state index contributed by atoms with van der Waals surface area (Å²) in [5.41, 5.74) is -1.01. The van der Waals surface area contributed by atoms with E-state index in [1.165, 1.54) is 6.07 Å². The Bertz CT molecular complexity index is 606. The zero-order chi connectivity index (χ0) is 15.6. The first-order chi connectivity index (χ1) is 9.86. The standard InChI is InChI=1S/C15H21N3O3/c1-4-11-13(20)16-15(2,3)14(21)18(11)10-9-17-8-6-5-7-12(17)19/h5-8,11H,4,9-10H2,1-3H3,(H,16,20). The molecule has 0 aliphatic carbocycles. The Hall–Kier alpha value is -2.11. The van der Waals surface area contributed by atoms with Crippen LogP contribution in [0.15, 0.2) is 29.2 Å². The van der Waals surface area contributed by atoms with Crippen LogP contribution in [0.4, 0.5) is 0 Å². The van der Waals surface area contributed by atoms with Crippen molar-refractivity contribution in [1.29, 1.82) is 0 Å². The first kappa shape index (κ1) is 15.3. The summed E-state index contributed by atoms with van der Waals surface area (Å²) in [4.78, 5) is 37.9. The van der Waals surface area contributed by atoms with Crippen molar-refractivity contribution in [2.75, 3.05) is 6.54 Å². The Morgan fingerprint density at radius 2 is 1.90 bits per heavy atom. The Morgan fingerprint density at radius 1 is 1.19 bits per heavy atom. The third kappa shape index (κ3) is 2.99. The van der Waals surface area contributed by atoms with Crippen LogP contribution in [-0.4, -0.2) is 39.4 Å². The van der Waals surface area contributed by atoms with Gasteiger partial charge in [0.25, 0.3) is 5.56 Å². The van der Waals surface area contributed by atoms with Crippen LogP contribution >= 0.6 is 0 Å². The van der Waals surface area contributed by atoms with E-state index in [9.17, 15) is 14.4 Å². The number of hydrogen-bond donors (Lipinski definition) is 1. The molecule has 0 spiro atoms. The minimum Gasteiger partial charge on any atom is -0.340 e. The second-order valence-corrected chi connectivity index (χ2v) is 5.77. The van der Waals surface area contributed by atoms with Crippen LogP contribution in [0.1, 0.15) is 27.2 Å². The van der Waals surface area contributed by atoms with E-state index in [4.69, 9.17) is 0 Å². The van der Waals surface area contributed by atoms with E-state index in [0.29, 0.717) is 19.5 Å². The summed E-state index contributed by atoms with van der Waals surface area (Å²) < 4.78 is 1.54. The summed E-state index contributed by atoms with van der Waals surface area (Å²) in [7, 11) is 0. The van der Waals surface area contributed by atoms with E-state index in [2.05, 4.69) is 5.32 Å². The number of rotatable bonds is 4. The second-order valence-electron chi connectivity index (χ2n) is 5.77. The van der Waals surface area contributed by atoms with E-state index in [-0.39, 0.29) is 17.4 Å². The van der Waals surface area contributed by atoms with Gasteiger partial charge in [-0.3, -0.25) is 14.4 Å². The Balaban J connectivity index is 2.19. The van der Waals surface area contributed by atoms with Crippen molar-refractivity contribution in [3.63, 3.8) is 0 Å². The van der Waals surface area contributed by atoms with Crippen molar-refractivity contribution in [3.05, 3.63) is 34.7 Å². The predicted molar refractivity (Wildman–Crippen MR) is 78.7 cm³/mol. The molecule has 0 radical (unpaired) electrons. The number of nitrogens with zero attached hydrogens (tertiary/aromatic N) is 2. The summed E-state index contributed by atoms with van der Waals surface area (Å²) in [5.74, 6) is -0.250. The van der Waals surface area contributed by atoms with Gasteiger partial charge in [-0.1, -0.05) is 13.0 Å². The van der Waals surface area contributed by atoms with Gasteiger partial charge in [-0.15, -0.1) is 0 Å². The smallest absolute Gasteiger partial charge is 0.250 e. The van der Waals surface area contributed by atoms with Gasteiger partial charge in [-0.2, -0.15) is 0 Å². The lowest BCUT2D eigenvalue weighted by molar-refractivity contribution is -0.153. The first-order valence-electron chi connectivity index (χ1n) is 7.15.